The van der Waals surface area contributed by atoms with Crippen molar-refractivity contribution in [2.24, 2.45) is 0 Å². The largest absolute Gasteiger partial charge is 0.370 e. The summed E-state index contributed by atoms with van der Waals surface area (Å²) in [6, 6.07) is 0. The van der Waals surface area contributed by atoms with Crippen LogP contribution < -0.4 is 0 Å². The number of unbranched alkanes of at least 4 members (excludes halogenated alkanes) is 2. The van der Waals surface area contributed by atoms with E-state index in [4.69, 9.17) is 4.74 Å². The maximum Gasteiger partial charge on any atom is 0.164 e. The van der Waals surface area contributed by atoms with Crippen LogP contribution in [0.5, 0.6) is 0 Å². The zero-order chi connectivity index (χ0) is 9.73. The number of ether oxygens (including phenoxy) is 1. The summed E-state index contributed by atoms with van der Waals surface area (Å²) in [6.07, 6.45) is 7.13. The maximum absolute atomic E-state index is 11.6. The third-order valence-corrected chi connectivity index (χ3v) is 3.07. The van der Waals surface area contributed by atoms with Crippen LogP contribution in [0.15, 0.2) is 0 Å². The van der Waals surface area contributed by atoms with Crippen molar-refractivity contribution in [1.29, 1.82) is 0 Å². The van der Waals surface area contributed by atoms with E-state index in [1.54, 1.807) is 7.11 Å². The number of carbonyl (C=O) groups excluding carboxylic acids is 1. The number of Topliss-reactive ketones (excluding diaryl/α,β-unsaturated/α-hetero) is 1. The molecule has 0 aromatic rings. The highest BCUT2D eigenvalue weighted by molar-refractivity contribution is 5.89. The molecular formula is C11H20O2. The summed E-state index contributed by atoms with van der Waals surface area (Å²) in [6.45, 7) is 2.18. The number of hydrogen-bond acceptors (Lipinski definition) is 2. The van der Waals surface area contributed by atoms with Crippen molar-refractivity contribution in [2.75, 3.05) is 7.11 Å². The van der Waals surface area contributed by atoms with E-state index in [1.165, 1.54) is 12.8 Å². The smallest absolute Gasteiger partial charge is 0.164 e. The van der Waals surface area contributed by atoms with Gasteiger partial charge in [-0.15, -0.1) is 0 Å². The quantitative estimate of drug-likeness (QED) is 0.614. The van der Waals surface area contributed by atoms with Gasteiger partial charge < -0.3 is 4.74 Å². The summed E-state index contributed by atoms with van der Waals surface area (Å²) in [5.74, 6) is 0.325. The molecule has 0 aromatic carbocycles. The molecule has 1 aliphatic rings. The first-order chi connectivity index (χ1) is 6.25. The summed E-state index contributed by atoms with van der Waals surface area (Å²) in [7, 11) is 1.68. The van der Waals surface area contributed by atoms with Crippen LogP contribution in [-0.4, -0.2) is 18.5 Å². The number of ketones is 1. The van der Waals surface area contributed by atoms with E-state index >= 15 is 0 Å². The van der Waals surface area contributed by atoms with E-state index in [0.717, 1.165) is 32.1 Å². The first-order valence-electron chi connectivity index (χ1n) is 5.33. The van der Waals surface area contributed by atoms with Gasteiger partial charge in [0.2, 0.25) is 0 Å². The molecule has 0 spiro atoms. The van der Waals surface area contributed by atoms with Crippen molar-refractivity contribution in [1.82, 2.24) is 0 Å². The van der Waals surface area contributed by atoms with Crippen LogP contribution >= 0.6 is 0 Å². The topological polar surface area (TPSA) is 26.3 Å². The van der Waals surface area contributed by atoms with Crippen molar-refractivity contribution in [3.05, 3.63) is 0 Å². The van der Waals surface area contributed by atoms with Gasteiger partial charge in [-0.25, -0.2) is 0 Å². The van der Waals surface area contributed by atoms with Gasteiger partial charge in [0.15, 0.2) is 5.78 Å². The summed E-state index contributed by atoms with van der Waals surface area (Å²) in [5, 5.41) is 0. The Bertz CT molecular complexity index is 177. The van der Waals surface area contributed by atoms with Gasteiger partial charge >= 0.3 is 0 Å². The molecule has 1 fully saturated rings. The van der Waals surface area contributed by atoms with Gasteiger partial charge in [0.1, 0.15) is 5.60 Å². The van der Waals surface area contributed by atoms with Crippen molar-refractivity contribution in [3.8, 4) is 0 Å². The van der Waals surface area contributed by atoms with Crippen molar-refractivity contribution < 1.29 is 9.53 Å². The molecule has 1 saturated carbocycles. The Morgan fingerprint density at radius 1 is 1.46 bits per heavy atom. The lowest BCUT2D eigenvalue weighted by molar-refractivity contribution is -0.137. The Hall–Kier alpha value is -0.370. The number of rotatable bonds is 5. The lowest BCUT2D eigenvalue weighted by Crippen LogP contribution is -2.35. The summed E-state index contributed by atoms with van der Waals surface area (Å²) in [5.41, 5.74) is -0.394. The Kier molecular flexibility index (Phi) is 3.91. The molecule has 0 amide bonds. The van der Waals surface area contributed by atoms with E-state index < -0.39 is 5.60 Å². The molecule has 0 bridgehead atoms. The molecule has 2 nitrogen and oxygen atoms in total. The van der Waals surface area contributed by atoms with Gasteiger partial charge in [0, 0.05) is 13.5 Å². The average molecular weight is 184 g/mol. The van der Waals surface area contributed by atoms with Crippen molar-refractivity contribution in [3.63, 3.8) is 0 Å². The lowest BCUT2D eigenvalue weighted by atomic mass is 9.93. The average Bonchev–Trinajstić information content (AvgIpc) is 2.49. The fourth-order valence-electron chi connectivity index (χ4n) is 2.14. The molecular weight excluding hydrogens is 164 g/mol. The van der Waals surface area contributed by atoms with Crippen LogP contribution in [0, 0.1) is 0 Å². The van der Waals surface area contributed by atoms with E-state index in [1.807, 2.05) is 0 Å². The third kappa shape index (κ3) is 2.31. The van der Waals surface area contributed by atoms with Gasteiger partial charge in [0.25, 0.3) is 0 Å². The van der Waals surface area contributed by atoms with Crippen molar-refractivity contribution >= 4 is 5.78 Å². The minimum atomic E-state index is -0.394. The first kappa shape index (κ1) is 10.7. The van der Waals surface area contributed by atoms with Crippen LogP contribution in [0.2, 0.25) is 0 Å². The third-order valence-electron chi connectivity index (χ3n) is 3.07. The Labute approximate surface area is 80.7 Å². The molecule has 1 atom stereocenters. The summed E-state index contributed by atoms with van der Waals surface area (Å²) in [4.78, 5) is 11.6. The molecule has 0 aliphatic heterocycles. The highest BCUT2D eigenvalue weighted by Gasteiger charge is 2.41. The van der Waals surface area contributed by atoms with Gasteiger partial charge in [-0.2, -0.15) is 0 Å². The molecule has 1 aliphatic carbocycles. The monoisotopic (exact) mass is 184 g/mol. The fourth-order valence-corrected chi connectivity index (χ4v) is 2.14. The second-order valence-corrected chi connectivity index (χ2v) is 3.93. The maximum atomic E-state index is 11.6. The molecule has 0 N–H and O–H groups in total. The zero-order valence-corrected chi connectivity index (χ0v) is 8.77. The normalized spacial score (nSPS) is 28.3. The van der Waals surface area contributed by atoms with Crippen LogP contribution in [0.1, 0.15) is 51.9 Å². The Balaban J connectivity index is 2.44. The predicted octanol–water partition coefficient (Wildman–Crippen LogP) is 2.70. The molecule has 0 heterocycles. The Morgan fingerprint density at radius 3 is 2.69 bits per heavy atom. The van der Waals surface area contributed by atoms with E-state index in [9.17, 15) is 4.79 Å². The molecule has 0 aromatic heterocycles. The van der Waals surface area contributed by atoms with E-state index in [0.29, 0.717) is 5.78 Å². The number of methoxy groups -OCH3 is 1. The fraction of sp³-hybridized carbons (Fsp3) is 0.909. The summed E-state index contributed by atoms with van der Waals surface area (Å²) < 4.78 is 5.41. The van der Waals surface area contributed by atoms with Crippen LogP contribution in [0.25, 0.3) is 0 Å². The van der Waals surface area contributed by atoms with Crippen LogP contribution in [-0.2, 0) is 9.53 Å². The van der Waals surface area contributed by atoms with Gasteiger partial charge in [0.05, 0.1) is 0 Å². The highest BCUT2D eigenvalue weighted by atomic mass is 16.5. The van der Waals surface area contributed by atoms with Crippen LogP contribution in [0.4, 0.5) is 0 Å². The van der Waals surface area contributed by atoms with Gasteiger partial charge in [-0.05, 0) is 19.3 Å². The molecule has 76 valence electrons. The standard InChI is InChI=1S/C11H20O2/c1-3-4-5-8-11(13-2)9-6-7-10(11)12/h3-9H2,1-2H3. The molecule has 2 heteroatoms. The molecule has 1 unspecified atom stereocenters. The van der Waals surface area contributed by atoms with E-state index in [2.05, 4.69) is 6.92 Å². The second-order valence-electron chi connectivity index (χ2n) is 3.93. The van der Waals surface area contributed by atoms with E-state index in [-0.39, 0.29) is 0 Å². The molecule has 13 heavy (non-hydrogen) atoms. The molecule has 0 radical (unpaired) electrons. The van der Waals surface area contributed by atoms with Gasteiger partial charge in [-0.1, -0.05) is 26.2 Å². The van der Waals surface area contributed by atoms with Gasteiger partial charge in [-0.3, -0.25) is 4.79 Å². The first-order valence-corrected chi connectivity index (χ1v) is 5.33. The molecule has 1 rings (SSSR count). The molecule has 0 saturated heterocycles. The SMILES string of the molecule is CCCCCC1(OC)CCCC1=O. The predicted molar refractivity (Wildman–Crippen MR) is 52.7 cm³/mol. The summed E-state index contributed by atoms with van der Waals surface area (Å²) >= 11 is 0. The minimum Gasteiger partial charge on any atom is -0.370 e. The zero-order valence-electron chi connectivity index (χ0n) is 8.77. The van der Waals surface area contributed by atoms with Crippen molar-refractivity contribution in [2.45, 2.75) is 57.5 Å². The lowest BCUT2D eigenvalue weighted by Gasteiger charge is -2.25. The minimum absolute atomic E-state index is 0.325. The van der Waals surface area contributed by atoms with Crippen LogP contribution in [0.3, 0.4) is 0 Å². The Morgan fingerprint density at radius 2 is 2.23 bits per heavy atom. The second kappa shape index (κ2) is 4.75. The number of hydrogen-bond donors (Lipinski definition) is 0. The number of carbonyl (C=O) groups is 1. The highest BCUT2D eigenvalue weighted by Crippen LogP contribution is 2.33.